The zero-order valence-corrected chi connectivity index (χ0v) is 21.3. The zero-order valence-electron chi connectivity index (χ0n) is 21.3. The summed E-state index contributed by atoms with van der Waals surface area (Å²) in [5, 5.41) is 6.28. The Bertz CT molecular complexity index is 1590. The summed E-state index contributed by atoms with van der Waals surface area (Å²) in [7, 11) is 3.18. The predicted molar refractivity (Wildman–Crippen MR) is 148 cm³/mol. The van der Waals surface area contributed by atoms with E-state index in [1.165, 1.54) is 0 Å². The minimum Gasteiger partial charge on any atom is -0.493 e. The van der Waals surface area contributed by atoms with Crippen molar-refractivity contribution in [1.29, 1.82) is 0 Å². The molecule has 0 radical (unpaired) electrons. The SMILES string of the molecule is COc1ccc(Nc2nc(-c3cccc(C(=O)Nc4ccc([C@@H](C)N)cc4)c3)cn3ccnc23)cc1OC. The number of fused-ring (bicyclic) bond motifs is 1. The van der Waals surface area contributed by atoms with Crippen LogP contribution in [0.3, 0.4) is 0 Å². The molecule has 3 aromatic carbocycles. The summed E-state index contributed by atoms with van der Waals surface area (Å²) < 4.78 is 12.6. The number of carbonyl (C=O) groups excluding carboxylic acids is 1. The molecule has 1 atom stereocenters. The maximum atomic E-state index is 13.0. The van der Waals surface area contributed by atoms with Crippen molar-refractivity contribution in [3.8, 4) is 22.8 Å². The Labute approximate surface area is 220 Å². The number of hydrogen-bond acceptors (Lipinski definition) is 7. The summed E-state index contributed by atoms with van der Waals surface area (Å²) in [5.74, 6) is 1.57. The highest BCUT2D eigenvalue weighted by Gasteiger charge is 2.14. The zero-order chi connectivity index (χ0) is 26.6. The normalized spacial score (nSPS) is 11.7. The fourth-order valence-corrected chi connectivity index (χ4v) is 4.10. The maximum absolute atomic E-state index is 13.0. The van der Waals surface area contributed by atoms with E-state index in [1.807, 2.05) is 84.4 Å². The van der Waals surface area contributed by atoms with Crippen LogP contribution in [0.15, 0.2) is 85.3 Å². The van der Waals surface area contributed by atoms with Crippen molar-refractivity contribution >= 4 is 28.7 Å². The van der Waals surface area contributed by atoms with Crippen molar-refractivity contribution in [2.24, 2.45) is 5.73 Å². The molecule has 0 aliphatic heterocycles. The average Bonchev–Trinajstić information content (AvgIpc) is 3.42. The van der Waals surface area contributed by atoms with Gasteiger partial charge in [0.05, 0.1) is 19.9 Å². The van der Waals surface area contributed by atoms with Crippen molar-refractivity contribution < 1.29 is 14.3 Å². The molecule has 0 unspecified atom stereocenters. The Hall–Kier alpha value is -4.89. The lowest BCUT2D eigenvalue weighted by Crippen LogP contribution is -2.12. The molecule has 4 N–H and O–H groups in total. The molecule has 2 heterocycles. The molecule has 0 aliphatic carbocycles. The number of benzene rings is 3. The van der Waals surface area contributed by atoms with E-state index in [0.29, 0.717) is 39.9 Å². The first kappa shape index (κ1) is 24.8. The summed E-state index contributed by atoms with van der Waals surface area (Å²) in [6.45, 7) is 1.92. The van der Waals surface area contributed by atoms with Crippen LogP contribution in [0.2, 0.25) is 0 Å². The lowest BCUT2D eigenvalue weighted by molar-refractivity contribution is 0.102. The minimum absolute atomic E-state index is 0.0668. The molecular weight excluding hydrogens is 480 g/mol. The van der Waals surface area contributed by atoms with Gasteiger partial charge in [0.15, 0.2) is 23.0 Å². The number of rotatable bonds is 8. The van der Waals surface area contributed by atoms with Gasteiger partial charge in [0.2, 0.25) is 0 Å². The lowest BCUT2D eigenvalue weighted by atomic mass is 10.1. The molecule has 0 saturated carbocycles. The van der Waals surface area contributed by atoms with Gasteiger partial charge in [0.25, 0.3) is 5.91 Å². The molecule has 0 bridgehead atoms. The van der Waals surface area contributed by atoms with Crippen LogP contribution in [0, 0.1) is 0 Å². The molecule has 0 saturated heterocycles. The van der Waals surface area contributed by atoms with E-state index in [0.717, 1.165) is 16.8 Å². The number of methoxy groups -OCH3 is 2. The van der Waals surface area contributed by atoms with Gasteiger partial charge in [0.1, 0.15) is 0 Å². The minimum atomic E-state index is -0.215. The molecule has 0 spiro atoms. The molecule has 192 valence electrons. The second-order valence-corrected chi connectivity index (χ2v) is 8.77. The molecule has 9 nitrogen and oxygen atoms in total. The Kier molecular flexibility index (Phi) is 6.92. The maximum Gasteiger partial charge on any atom is 0.255 e. The van der Waals surface area contributed by atoms with Gasteiger partial charge in [-0.3, -0.25) is 4.79 Å². The second kappa shape index (κ2) is 10.6. The summed E-state index contributed by atoms with van der Waals surface area (Å²) in [6.07, 6.45) is 5.44. The van der Waals surface area contributed by atoms with Gasteiger partial charge in [-0.1, -0.05) is 24.3 Å². The van der Waals surface area contributed by atoms with Crippen LogP contribution in [0.25, 0.3) is 16.9 Å². The highest BCUT2D eigenvalue weighted by Crippen LogP contribution is 2.32. The number of aromatic nitrogens is 3. The number of anilines is 3. The van der Waals surface area contributed by atoms with Crippen molar-refractivity contribution in [3.05, 3.63) is 96.4 Å². The second-order valence-electron chi connectivity index (χ2n) is 8.77. The number of nitrogens with one attached hydrogen (secondary N) is 2. The number of amides is 1. The molecule has 38 heavy (non-hydrogen) atoms. The van der Waals surface area contributed by atoms with Gasteiger partial charge in [0, 0.05) is 53.2 Å². The number of imidazole rings is 1. The van der Waals surface area contributed by atoms with Crippen molar-refractivity contribution in [1.82, 2.24) is 14.4 Å². The molecule has 5 aromatic rings. The summed E-state index contributed by atoms with van der Waals surface area (Å²) in [6, 6.07) is 20.3. The van der Waals surface area contributed by atoms with Crippen LogP contribution < -0.4 is 25.8 Å². The molecule has 9 heteroatoms. The molecular formula is C29H28N6O3. The largest absolute Gasteiger partial charge is 0.493 e. The molecule has 1 amide bonds. The number of carbonyl (C=O) groups is 1. The van der Waals surface area contributed by atoms with Crippen LogP contribution in [-0.4, -0.2) is 34.5 Å². The van der Waals surface area contributed by atoms with Gasteiger partial charge < -0.3 is 30.2 Å². The highest BCUT2D eigenvalue weighted by molar-refractivity contribution is 6.05. The van der Waals surface area contributed by atoms with Crippen molar-refractivity contribution in [2.75, 3.05) is 24.9 Å². The molecule has 0 aliphatic rings. The fourth-order valence-electron chi connectivity index (χ4n) is 4.10. The van der Waals surface area contributed by atoms with Gasteiger partial charge >= 0.3 is 0 Å². The van der Waals surface area contributed by atoms with E-state index < -0.39 is 0 Å². The van der Waals surface area contributed by atoms with Gasteiger partial charge in [-0.05, 0) is 48.9 Å². The van der Waals surface area contributed by atoms with Gasteiger partial charge in [-0.25, -0.2) is 9.97 Å². The van der Waals surface area contributed by atoms with Crippen LogP contribution in [0.5, 0.6) is 11.5 Å². The van der Waals surface area contributed by atoms with E-state index in [1.54, 1.807) is 26.5 Å². The van der Waals surface area contributed by atoms with Crippen LogP contribution in [0.4, 0.5) is 17.2 Å². The average molecular weight is 509 g/mol. The van der Waals surface area contributed by atoms with Crippen molar-refractivity contribution in [2.45, 2.75) is 13.0 Å². The smallest absolute Gasteiger partial charge is 0.255 e. The van der Waals surface area contributed by atoms with Gasteiger partial charge in [-0.15, -0.1) is 0 Å². The first-order chi connectivity index (χ1) is 18.4. The van der Waals surface area contributed by atoms with Gasteiger partial charge in [-0.2, -0.15) is 0 Å². The molecule has 0 fully saturated rings. The third kappa shape index (κ3) is 5.14. The summed E-state index contributed by atoms with van der Waals surface area (Å²) in [5.41, 5.74) is 11.0. The van der Waals surface area contributed by atoms with E-state index in [2.05, 4.69) is 15.6 Å². The van der Waals surface area contributed by atoms with Crippen LogP contribution >= 0.6 is 0 Å². The Morgan fingerprint density at radius 2 is 1.74 bits per heavy atom. The van der Waals surface area contributed by atoms with Crippen LogP contribution in [-0.2, 0) is 0 Å². The number of ether oxygens (including phenoxy) is 2. The fraction of sp³-hybridized carbons (Fsp3) is 0.138. The quantitative estimate of drug-likeness (QED) is 0.256. The third-order valence-corrected chi connectivity index (χ3v) is 6.14. The van der Waals surface area contributed by atoms with Crippen molar-refractivity contribution in [3.63, 3.8) is 0 Å². The van der Waals surface area contributed by atoms with E-state index >= 15 is 0 Å². The van der Waals surface area contributed by atoms with E-state index in [4.69, 9.17) is 20.2 Å². The topological polar surface area (TPSA) is 116 Å². The predicted octanol–water partition coefficient (Wildman–Crippen LogP) is 5.43. The number of nitrogens with two attached hydrogens (primary N) is 1. The highest BCUT2D eigenvalue weighted by atomic mass is 16.5. The van der Waals surface area contributed by atoms with E-state index in [-0.39, 0.29) is 11.9 Å². The Balaban J connectivity index is 1.43. The number of hydrogen-bond donors (Lipinski definition) is 3. The first-order valence-corrected chi connectivity index (χ1v) is 12.1. The Morgan fingerprint density at radius 3 is 2.47 bits per heavy atom. The third-order valence-electron chi connectivity index (χ3n) is 6.14. The van der Waals surface area contributed by atoms with E-state index in [9.17, 15) is 4.79 Å². The molecule has 2 aromatic heterocycles. The lowest BCUT2D eigenvalue weighted by Gasteiger charge is -2.13. The van der Waals surface area contributed by atoms with Crippen LogP contribution in [0.1, 0.15) is 28.9 Å². The monoisotopic (exact) mass is 508 g/mol. The number of nitrogens with zero attached hydrogens (tertiary/aromatic N) is 3. The Morgan fingerprint density at radius 1 is 0.974 bits per heavy atom. The standard InChI is InChI=1S/C29H28N6O3/c1-18(30)19-7-9-22(10-8-19)33-29(36)21-6-4-5-20(15-21)24-17-35-14-13-31-28(35)27(34-24)32-23-11-12-25(37-2)26(16-23)38-3/h4-18H,30H2,1-3H3,(H,32,34)(H,33,36)/t18-/m1/s1. The summed E-state index contributed by atoms with van der Waals surface area (Å²) in [4.78, 5) is 22.3. The molecule has 5 rings (SSSR count). The first-order valence-electron chi connectivity index (χ1n) is 12.1. The summed E-state index contributed by atoms with van der Waals surface area (Å²) >= 11 is 0.